The summed E-state index contributed by atoms with van der Waals surface area (Å²) in [4.78, 5) is 19.5. The van der Waals surface area contributed by atoms with Crippen molar-refractivity contribution in [2.75, 3.05) is 46.4 Å². The summed E-state index contributed by atoms with van der Waals surface area (Å²) in [6.45, 7) is 5.40. The van der Waals surface area contributed by atoms with Gasteiger partial charge in [-0.1, -0.05) is 24.0 Å². The first-order chi connectivity index (χ1) is 10.1. The number of piperazine rings is 1. The number of hydrogen-bond donors (Lipinski definition) is 0. The molecule has 1 atom stereocenters. The molecule has 21 heavy (non-hydrogen) atoms. The molecule has 3 fully saturated rings. The summed E-state index contributed by atoms with van der Waals surface area (Å²) < 4.78 is 6.27. The predicted octanol–water partition coefficient (Wildman–Crippen LogP) is 1.11. The van der Waals surface area contributed by atoms with Gasteiger partial charge in [0.25, 0.3) is 5.91 Å². The third kappa shape index (κ3) is 3.59. The number of likely N-dealkylation sites (N-methyl/N-ethyl adjacent to an activating group) is 1. The van der Waals surface area contributed by atoms with Crippen LogP contribution in [0, 0.1) is 0 Å². The fourth-order valence-electron chi connectivity index (χ4n) is 2.76. The highest BCUT2D eigenvalue weighted by Crippen LogP contribution is 2.32. The molecule has 5 nitrogen and oxygen atoms in total. The van der Waals surface area contributed by atoms with E-state index in [0.29, 0.717) is 10.9 Å². The van der Waals surface area contributed by atoms with Gasteiger partial charge in [-0.25, -0.2) is 0 Å². The molecule has 0 spiro atoms. The minimum absolute atomic E-state index is 0.0411. The first-order valence-corrected chi connectivity index (χ1v) is 8.65. The van der Waals surface area contributed by atoms with E-state index < -0.39 is 0 Å². The lowest BCUT2D eigenvalue weighted by atomic mass is 10.2. The van der Waals surface area contributed by atoms with Crippen LogP contribution in [0.2, 0.25) is 0 Å². The molecular formula is C14H21N3O2S2. The molecule has 0 aromatic carbocycles. The van der Waals surface area contributed by atoms with Gasteiger partial charge < -0.3 is 14.5 Å². The molecule has 0 radical (unpaired) electrons. The lowest BCUT2D eigenvalue weighted by Gasteiger charge is -2.31. The van der Waals surface area contributed by atoms with E-state index in [2.05, 4.69) is 16.8 Å². The summed E-state index contributed by atoms with van der Waals surface area (Å²) in [6, 6.07) is 0. The second-order valence-electron chi connectivity index (χ2n) is 5.75. The highest BCUT2D eigenvalue weighted by Gasteiger charge is 2.35. The number of thiocarbonyl (C=S) groups is 1. The minimum atomic E-state index is 0.0411. The first-order valence-electron chi connectivity index (χ1n) is 7.43. The van der Waals surface area contributed by atoms with Gasteiger partial charge in [-0.2, -0.15) is 0 Å². The number of ether oxygens (including phenoxy) is 1. The van der Waals surface area contributed by atoms with Crippen LogP contribution in [0.5, 0.6) is 0 Å². The Balaban J connectivity index is 1.62. The number of hydrogen-bond acceptors (Lipinski definition) is 6. The topological polar surface area (TPSA) is 36.0 Å². The van der Waals surface area contributed by atoms with E-state index in [4.69, 9.17) is 17.0 Å². The monoisotopic (exact) mass is 327 g/mol. The van der Waals surface area contributed by atoms with E-state index >= 15 is 0 Å². The van der Waals surface area contributed by atoms with Crippen LogP contribution in [0.3, 0.4) is 0 Å². The molecule has 7 heteroatoms. The van der Waals surface area contributed by atoms with Gasteiger partial charge in [0.15, 0.2) is 0 Å². The highest BCUT2D eigenvalue weighted by atomic mass is 32.2. The molecular weight excluding hydrogens is 306 g/mol. The molecule has 3 heterocycles. The van der Waals surface area contributed by atoms with Crippen molar-refractivity contribution in [2.24, 2.45) is 0 Å². The number of amides is 1. The maximum Gasteiger partial charge on any atom is 0.267 e. The van der Waals surface area contributed by atoms with Crippen LogP contribution in [-0.2, 0) is 9.53 Å². The molecule has 116 valence electrons. The van der Waals surface area contributed by atoms with Crippen molar-refractivity contribution >= 4 is 34.2 Å². The van der Waals surface area contributed by atoms with E-state index in [0.717, 1.165) is 50.5 Å². The molecule has 0 N–H and O–H groups in total. The van der Waals surface area contributed by atoms with Gasteiger partial charge in [-0.15, -0.1) is 0 Å². The van der Waals surface area contributed by atoms with Crippen LogP contribution in [0.15, 0.2) is 11.1 Å². The Hall–Kier alpha value is -0.630. The molecule has 0 aliphatic carbocycles. The van der Waals surface area contributed by atoms with Crippen LogP contribution in [0.4, 0.5) is 0 Å². The van der Waals surface area contributed by atoms with Crippen LogP contribution in [-0.4, -0.2) is 77.4 Å². The van der Waals surface area contributed by atoms with Crippen molar-refractivity contribution < 1.29 is 9.53 Å². The Morgan fingerprint density at radius 3 is 2.81 bits per heavy atom. The Morgan fingerprint density at radius 1 is 1.38 bits per heavy atom. The summed E-state index contributed by atoms with van der Waals surface area (Å²) in [6.07, 6.45) is 4.24. The van der Waals surface area contributed by atoms with E-state index in [1.54, 1.807) is 4.90 Å². The zero-order chi connectivity index (χ0) is 14.8. The van der Waals surface area contributed by atoms with Gasteiger partial charge in [-0.05, 0) is 19.9 Å². The standard InChI is InChI=1S/C14H21N3O2S2/c1-15-4-6-16(7-5-15)10-12-13(18)17(14(20)21-12)9-11-3-2-8-19-11/h10-11H,2-9H2,1H3/b12-10-/t11-/m0/s1. The average molecular weight is 327 g/mol. The molecule has 0 aromatic heterocycles. The molecule has 0 aromatic rings. The fraction of sp³-hybridized carbons (Fsp3) is 0.714. The zero-order valence-corrected chi connectivity index (χ0v) is 13.9. The quantitative estimate of drug-likeness (QED) is 0.571. The third-order valence-corrected chi connectivity index (χ3v) is 5.49. The van der Waals surface area contributed by atoms with E-state index in [1.807, 2.05) is 6.20 Å². The van der Waals surface area contributed by atoms with Gasteiger partial charge >= 0.3 is 0 Å². The summed E-state index contributed by atoms with van der Waals surface area (Å²) in [5.41, 5.74) is 0. The predicted molar refractivity (Wildman–Crippen MR) is 88.0 cm³/mol. The molecule has 0 saturated carbocycles. The van der Waals surface area contributed by atoms with Gasteiger partial charge in [-0.3, -0.25) is 9.69 Å². The number of rotatable bonds is 3. The molecule has 3 saturated heterocycles. The Morgan fingerprint density at radius 2 is 2.14 bits per heavy atom. The number of carbonyl (C=O) groups excluding carboxylic acids is 1. The highest BCUT2D eigenvalue weighted by molar-refractivity contribution is 8.26. The molecule has 0 bridgehead atoms. The van der Waals surface area contributed by atoms with Crippen LogP contribution in [0.25, 0.3) is 0 Å². The number of nitrogens with zero attached hydrogens (tertiary/aromatic N) is 3. The van der Waals surface area contributed by atoms with E-state index in [-0.39, 0.29) is 12.0 Å². The molecule has 3 rings (SSSR count). The number of carbonyl (C=O) groups is 1. The Bertz CT molecular complexity index is 455. The van der Waals surface area contributed by atoms with Gasteiger partial charge in [0.05, 0.1) is 17.6 Å². The Labute approximate surface area is 135 Å². The van der Waals surface area contributed by atoms with Crippen LogP contribution >= 0.6 is 24.0 Å². The second-order valence-corrected chi connectivity index (χ2v) is 7.43. The molecule has 1 amide bonds. The van der Waals surface area contributed by atoms with Crippen molar-refractivity contribution in [3.8, 4) is 0 Å². The molecule has 0 unspecified atom stereocenters. The number of thioether (sulfide) groups is 1. The zero-order valence-electron chi connectivity index (χ0n) is 12.3. The lowest BCUT2D eigenvalue weighted by molar-refractivity contribution is -0.123. The van der Waals surface area contributed by atoms with Gasteiger partial charge in [0.1, 0.15) is 4.32 Å². The minimum Gasteiger partial charge on any atom is -0.376 e. The van der Waals surface area contributed by atoms with Crippen molar-refractivity contribution in [2.45, 2.75) is 18.9 Å². The maximum absolute atomic E-state index is 12.5. The molecule has 3 aliphatic rings. The largest absolute Gasteiger partial charge is 0.376 e. The summed E-state index contributed by atoms with van der Waals surface area (Å²) in [5.74, 6) is 0.0411. The fourth-order valence-corrected chi connectivity index (χ4v) is 4.04. The lowest BCUT2D eigenvalue weighted by Crippen LogP contribution is -2.42. The maximum atomic E-state index is 12.5. The van der Waals surface area contributed by atoms with E-state index in [1.165, 1.54) is 11.8 Å². The van der Waals surface area contributed by atoms with Gasteiger partial charge in [0, 0.05) is 39.0 Å². The smallest absolute Gasteiger partial charge is 0.267 e. The van der Waals surface area contributed by atoms with Crippen LogP contribution < -0.4 is 0 Å². The summed E-state index contributed by atoms with van der Waals surface area (Å²) >= 11 is 6.78. The summed E-state index contributed by atoms with van der Waals surface area (Å²) in [5, 5.41) is 0. The second kappa shape index (κ2) is 6.64. The van der Waals surface area contributed by atoms with Crippen LogP contribution in [0.1, 0.15) is 12.8 Å². The van der Waals surface area contributed by atoms with Crippen molar-refractivity contribution in [3.63, 3.8) is 0 Å². The van der Waals surface area contributed by atoms with E-state index in [9.17, 15) is 4.79 Å². The SMILES string of the molecule is CN1CCN(/C=C2\SC(=S)N(C[C@@H]3CCCO3)C2=O)CC1. The Kier molecular flexibility index (Phi) is 4.83. The average Bonchev–Trinajstić information content (AvgIpc) is 3.06. The summed E-state index contributed by atoms with van der Waals surface area (Å²) in [7, 11) is 2.12. The normalized spacial score (nSPS) is 30.0. The molecule has 3 aliphatic heterocycles. The van der Waals surface area contributed by atoms with Gasteiger partial charge in [0.2, 0.25) is 0 Å². The van der Waals surface area contributed by atoms with Crippen molar-refractivity contribution in [1.82, 2.24) is 14.7 Å². The van der Waals surface area contributed by atoms with Crippen molar-refractivity contribution in [3.05, 3.63) is 11.1 Å². The first kappa shape index (κ1) is 15.3. The van der Waals surface area contributed by atoms with Crippen molar-refractivity contribution in [1.29, 1.82) is 0 Å². The third-order valence-electron chi connectivity index (χ3n) is 4.12.